The van der Waals surface area contributed by atoms with E-state index < -0.39 is 5.97 Å². The summed E-state index contributed by atoms with van der Waals surface area (Å²) in [6.07, 6.45) is 3.78. The molecule has 0 atom stereocenters. The lowest BCUT2D eigenvalue weighted by atomic mass is 10.2. The number of hydrogen-bond donors (Lipinski definition) is 1. The lowest BCUT2D eigenvalue weighted by Crippen LogP contribution is -1.99. The molecule has 0 fully saturated rings. The third kappa shape index (κ3) is 2.56. The van der Waals surface area contributed by atoms with Crippen molar-refractivity contribution in [2.24, 2.45) is 0 Å². The Labute approximate surface area is 95.4 Å². The van der Waals surface area contributed by atoms with E-state index in [9.17, 15) is 4.79 Å². The number of carbonyl (C=O) groups is 1. The van der Waals surface area contributed by atoms with E-state index in [-0.39, 0.29) is 0 Å². The van der Waals surface area contributed by atoms with E-state index in [4.69, 9.17) is 5.11 Å². The Morgan fingerprint density at radius 3 is 2.43 bits per heavy atom. The minimum absolute atomic E-state index is 0.417. The number of hydrogen-bond acceptors (Lipinski definition) is 4. The van der Waals surface area contributed by atoms with Gasteiger partial charge in [0, 0.05) is 4.88 Å². The van der Waals surface area contributed by atoms with Gasteiger partial charge in [-0.05, 0) is 24.0 Å². The molecule has 0 saturated carbocycles. The first-order valence-corrected chi connectivity index (χ1v) is 7.13. The predicted octanol–water partition coefficient (Wildman–Crippen LogP) is 3.23. The third-order valence-corrected chi connectivity index (χ3v) is 4.59. The molecule has 0 spiro atoms. The molecule has 0 radical (unpaired) electrons. The SMILES string of the molecule is CSC(SC)=C(C(=O)O)c1cccs1. The van der Waals surface area contributed by atoms with E-state index in [2.05, 4.69) is 0 Å². The van der Waals surface area contributed by atoms with Crippen LogP contribution in [-0.4, -0.2) is 23.6 Å². The van der Waals surface area contributed by atoms with Crippen molar-refractivity contribution in [1.82, 2.24) is 0 Å². The summed E-state index contributed by atoms with van der Waals surface area (Å²) < 4.78 is 0.847. The van der Waals surface area contributed by atoms with Gasteiger partial charge in [-0.25, -0.2) is 4.79 Å². The van der Waals surface area contributed by atoms with Crippen molar-refractivity contribution in [2.45, 2.75) is 0 Å². The Morgan fingerprint density at radius 1 is 1.43 bits per heavy atom. The van der Waals surface area contributed by atoms with Gasteiger partial charge in [-0.15, -0.1) is 34.9 Å². The van der Waals surface area contributed by atoms with Crippen molar-refractivity contribution >= 4 is 46.4 Å². The van der Waals surface area contributed by atoms with Gasteiger partial charge in [-0.1, -0.05) is 6.07 Å². The highest BCUT2D eigenvalue weighted by molar-refractivity contribution is 8.22. The molecule has 5 heteroatoms. The second-order valence-electron chi connectivity index (χ2n) is 2.35. The molecule has 0 saturated heterocycles. The lowest BCUT2D eigenvalue weighted by Gasteiger charge is -2.05. The molecule has 76 valence electrons. The van der Waals surface area contributed by atoms with E-state index in [0.717, 1.165) is 9.11 Å². The second-order valence-corrected chi connectivity index (χ2v) is 5.19. The van der Waals surface area contributed by atoms with Gasteiger partial charge in [0.15, 0.2) is 0 Å². The van der Waals surface area contributed by atoms with Gasteiger partial charge in [-0.2, -0.15) is 0 Å². The number of carboxylic acid groups (broad SMARTS) is 1. The highest BCUT2D eigenvalue weighted by Crippen LogP contribution is 2.34. The Hall–Kier alpha value is -0.390. The number of aliphatic carboxylic acids is 1. The zero-order chi connectivity index (χ0) is 10.6. The van der Waals surface area contributed by atoms with Crippen molar-refractivity contribution in [3.63, 3.8) is 0 Å². The summed E-state index contributed by atoms with van der Waals surface area (Å²) in [4.78, 5) is 11.9. The van der Waals surface area contributed by atoms with Crippen LogP contribution in [0.5, 0.6) is 0 Å². The first-order valence-electron chi connectivity index (χ1n) is 3.80. The molecule has 1 aromatic heterocycles. The predicted molar refractivity (Wildman–Crippen MR) is 65.9 cm³/mol. The fourth-order valence-electron chi connectivity index (χ4n) is 1.00. The van der Waals surface area contributed by atoms with Crippen LogP contribution in [0.2, 0.25) is 0 Å². The highest BCUT2D eigenvalue weighted by atomic mass is 32.2. The maximum atomic E-state index is 11.1. The summed E-state index contributed by atoms with van der Waals surface area (Å²) in [6, 6.07) is 3.70. The maximum absolute atomic E-state index is 11.1. The van der Waals surface area contributed by atoms with Crippen LogP contribution >= 0.6 is 34.9 Å². The van der Waals surface area contributed by atoms with Crippen molar-refractivity contribution < 1.29 is 9.90 Å². The quantitative estimate of drug-likeness (QED) is 0.828. The van der Waals surface area contributed by atoms with Crippen molar-refractivity contribution in [2.75, 3.05) is 12.5 Å². The zero-order valence-electron chi connectivity index (χ0n) is 7.81. The first kappa shape index (κ1) is 11.7. The van der Waals surface area contributed by atoms with Crippen LogP contribution < -0.4 is 0 Å². The van der Waals surface area contributed by atoms with E-state index >= 15 is 0 Å². The number of carboxylic acids is 1. The average molecular weight is 246 g/mol. The summed E-state index contributed by atoms with van der Waals surface area (Å²) in [5, 5.41) is 11.0. The minimum atomic E-state index is -0.855. The van der Waals surface area contributed by atoms with E-state index in [1.165, 1.54) is 34.9 Å². The Kier molecular flexibility index (Phi) is 4.57. The number of thioether (sulfide) groups is 2. The van der Waals surface area contributed by atoms with Crippen molar-refractivity contribution in [1.29, 1.82) is 0 Å². The Balaban J connectivity index is 3.20. The fourth-order valence-corrected chi connectivity index (χ4v) is 3.37. The monoisotopic (exact) mass is 246 g/mol. The van der Waals surface area contributed by atoms with Gasteiger partial charge in [0.25, 0.3) is 0 Å². The molecule has 14 heavy (non-hydrogen) atoms. The molecule has 1 rings (SSSR count). The van der Waals surface area contributed by atoms with Gasteiger partial charge in [0.2, 0.25) is 0 Å². The zero-order valence-corrected chi connectivity index (χ0v) is 10.3. The topological polar surface area (TPSA) is 37.3 Å². The maximum Gasteiger partial charge on any atom is 0.338 e. The standard InChI is InChI=1S/C9H10O2S3/c1-12-9(13-2)7(8(10)11)6-4-3-5-14-6/h3-5H,1-2H3,(H,10,11). The molecule has 0 aromatic carbocycles. The highest BCUT2D eigenvalue weighted by Gasteiger charge is 2.16. The van der Waals surface area contributed by atoms with Crippen LogP contribution in [0.1, 0.15) is 4.88 Å². The molecule has 2 nitrogen and oxygen atoms in total. The summed E-state index contributed by atoms with van der Waals surface area (Å²) in [7, 11) is 0. The van der Waals surface area contributed by atoms with Gasteiger partial charge in [0.05, 0.1) is 9.81 Å². The average Bonchev–Trinajstić information content (AvgIpc) is 2.65. The molecule has 0 aliphatic heterocycles. The van der Waals surface area contributed by atoms with Crippen LogP contribution in [0, 0.1) is 0 Å². The molecule has 0 aliphatic carbocycles. The molecule has 0 bridgehead atoms. The van der Waals surface area contributed by atoms with Crippen molar-refractivity contribution in [3.8, 4) is 0 Å². The van der Waals surface area contributed by atoms with Crippen LogP contribution in [0.25, 0.3) is 5.57 Å². The van der Waals surface area contributed by atoms with E-state index in [1.807, 2.05) is 30.0 Å². The summed E-state index contributed by atoms with van der Waals surface area (Å²) in [5.41, 5.74) is 0.417. The largest absolute Gasteiger partial charge is 0.478 e. The molecule has 1 heterocycles. The summed E-state index contributed by atoms with van der Waals surface area (Å²) in [6.45, 7) is 0. The molecular weight excluding hydrogens is 236 g/mol. The molecular formula is C9H10O2S3. The molecule has 0 aliphatic rings. The van der Waals surface area contributed by atoms with Crippen LogP contribution in [0.4, 0.5) is 0 Å². The molecule has 1 N–H and O–H groups in total. The summed E-state index contributed by atoms with van der Waals surface area (Å²) >= 11 is 4.40. The van der Waals surface area contributed by atoms with E-state index in [1.54, 1.807) is 0 Å². The first-order chi connectivity index (χ1) is 6.70. The minimum Gasteiger partial charge on any atom is -0.478 e. The molecule has 1 aromatic rings. The van der Waals surface area contributed by atoms with Crippen molar-refractivity contribution in [3.05, 3.63) is 26.6 Å². The molecule has 0 amide bonds. The summed E-state index contributed by atoms with van der Waals surface area (Å²) in [5.74, 6) is -0.855. The van der Waals surface area contributed by atoms with Crippen LogP contribution in [0.3, 0.4) is 0 Å². The van der Waals surface area contributed by atoms with Gasteiger partial charge in [0.1, 0.15) is 0 Å². The van der Waals surface area contributed by atoms with E-state index in [0.29, 0.717) is 5.57 Å². The van der Waals surface area contributed by atoms with Gasteiger partial charge < -0.3 is 5.11 Å². The Bertz CT molecular complexity index is 335. The normalized spacial score (nSPS) is 9.86. The van der Waals surface area contributed by atoms with Gasteiger partial charge >= 0.3 is 5.97 Å². The number of rotatable bonds is 4. The lowest BCUT2D eigenvalue weighted by molar-refractivity contribution is -0.130. The molecule has 0 unspecified atom stereocenters. The van der Waals surface area contributed by atoms with Crippen LogP contribution in [0.15, 0.2) is 21.7 Å². The van der Waals surface area contributed by atoms with Gasteiger partial charge in [-0.3, -0.25) is 0 Å². The second kappa shape index (κ2) is 5.48. The fraction of sp³-hybridized carbons (Fsp3) is 0.222. The third-order valence-electron chi connectivity index (χ3n) is 1.56. The number of thiophene rings is 1. The Morgan fingerprint density at radius 2 is 2.07 bits per heavy atom. The van der Waals surface area contributed by atoms with Crippen LogP contribution in [-0.2, 0) is 4.79 Å². The smallest absolute Gasteiger partial charge is 0.338 e.